The third-order valence-corrected chi connectivity index (χ3v) is 6.77. The molecule has 3 aliphatic rings. The number of fused-ring (bicyclic) bond motifs is 2. The van der Waals surface area contributed by atoms with Gasteiger partial charge in [0.1, 0.15) is 0 Å². The molecule has 2 nitrogen and oxygen atoms in total. The van der Waals surface area contributed by atoms with Crippen molar-refractivity contribution in [3.8, 4) is 0 Å². The van der Waals surface area contributed by atoms with Gasteiger partial charge in [0.05, 0.1) is 6.10 Å². The average Bonchev–Trinajstić information content (AvgIpc) is 2.99. The maximum absolute atomic E-state index is 10.8. The van der Waals surface area contributed by atoms with Crippen molar-refractivity contribution in [3.05, 3.63) is 22.8 Å². The molecule has 0 saturated heterocycles. The summed E-state index contributed by atoms with van der Waals surface area (Å²) >= 11 is 0. The van der Waals surface area contributed by atoms with Crippen LogP contribution in [0.2, 0.25) is 0 Å². The lowest BCUT2D eigenvalue weighted by Gasteiger charge is -2.37. The molecular formula is C20H32O2. The van der Waals surface area contributed by atoms with Crippen molar-refractivity contribution in [2.75, 3.05) is 6.61 Å². The molecule has 3 aliphatic carbocycles. The van der Waals surface area contributed by atoms with Crippen LogP contribution >= 0.6 is 0 Å². The van der Waals surface area contributed by atoms with Crippen molar-refractivity contribution in [2.45, 2.75) is 65.9 Å². The predicted octanol–water partition coefficient (Wildman–Crippen LogP) is 4.08. The highest BCUT2D eigenvalue weighted by atomic mass is 16.3. The van der Waals surface area contributed by atoms with E-state index in [4.69, 9.17) is 0 Å². The Hall–Kier alpha value is -0.600. The Labute approximate surface area is 135 Å². The zero-order chi connectivity index (χ0) is 16.1. The predicted molar refractivity (Wildman–Crippen MR) is 90.4 cm³/mol. The molecule has 0 bridgehead atoms. The SMILES string of the molecule is CC(C)C1=C2CC(O)[C@H](C)[C@@H]3CCC(CO)/C3=C/[C@@]2(C)CC1. The van der Waals surface area contributed by atoms with Crippen molar-refractivity contribution < 1.29 is 10.2 Å². The van der Waals surface area contributed by atoms with Gasteiger partial charge in [0.2, 0.25) is 0 Å². The van der Waals surface area contributed by atoms with E-state index in [2.05, 4.69) is 33.8 Å². The second-order valence-electron chi connectivity index (χ2n) is 8.41. The molecule has 124 valence electrons. The Morgan fingerprint density at radius 2 is 2.05 bits per heavy atom. The zero-order valence-corrected chi connectivity index (χ0v) is 14.6. The van der Waals surface area contributed by atoms with Gasteiger partial charge < -0.3 is 10.2 Å². The van der Waals surface area contributed by atoms with Gasteiger partial charge in [-0.05, 0) is 49.9 Å². The van der Waals surface area contributed by atoms with Crippen LogP contribution in [0.1, 0.15) is 59.8 Å². The second kappa shape index (κ2) is 5.79. The van der Waals surface area contributed by atoms with Crippen LogP contribution in [0.15, 0.2) is 22.8 Å². The summed E-state index contributed by atoms with van der Waals surface area (Å²) in [7, 11) is 0. The molecule has 0 aromatic carbocycles. The van der Waals surface area contributed by atoms with E-state index in [1.807, 2.05) is 0 Å². The minimum absolute atomic E-state index is 0.103. The van der Waals surface area contributed by atoms with Crippen molar-refractivity contribution >= 4 is 0 Å². The molecule has 0 heterocycles. The van der Waals surface area contributed by atoms with Crippen molar-refractivity contribution in [1.29, 1.82) is 0 Å². The zero-order valence-electron chi connectivity index (χ0n) is 14.6. The first-order valence-electron chi connectivity index (χ1n) is 9.11. The highest BCUT2D eigenvalue weighted by molar-refractivity contribution is 5.38. The van der Waals surface area contributed by atoms with E-state index in [0.717, 1.165) is 19.3 Å². The molecule has 2 unspecified atom stereocenters. The van der Waals surface area contributed by atoms with Gasteiger partial charge in [-0.2, -0.15) is 0 Å². The largest absolute Gasteiger partial charge is 0.396 e. The van der Waals surface area contributed by atoms with E-state index in [1.165, 1.54) is 24.0 Å². The molecule has 0 spiro atoms. The number of hydrogen-bond donors (Lipinski definition) is 2. The molecule has 5 atom stereocenters. The number of aliphatic hydroxyl groups is 2. The number of aliphatic hydroxyl groups excluding tert-OH is 2. The van der Waals surface area contributed by atoms with Gasteiger partial charge in [-0.1, -0.05) is 50.5 Å². The van der Waals surface area contributed by atoms with Crippen LogP contribution in [0, 0.1) is 29.1 Å². The molecule has 1 saturated carbocycles. The lowest BCUT2D eigenvalue weighted by Crippen LogP contribution is -2.32. The summed E-state index contributed by atoms with van der Waals surface area (Å²) in [6, 6.07) is 0. The van der Waals surface area contributed by atoms with Gasteiger partial charge in [0.15, 0.2) is 0 Å². The lowest BCUT2D eigenvalue weighted by atomic mass is 9.70. The molecule has 0 amide bonds. The third-order valence-electron chi connectivity index (χ3n) is 6.77. The maximum atomic E-state index is 10.8. The molecule has 2 heteroatoms. The van der Waals surface area contributed by atoms with Crippen molar-refractivity contribution in [1.82, 2.24) is 0 Å². The molecule has 3 rings (SSSR count). The Kier molecular flexibility index (Phi) is 4.28. The Morgan fingerprint density at radius 3 is 2.68 bits per heavy atom. The minimum atomic E-state index is -0.243. The molecule has 1 fully saturated rings. The average molecular weight is 304 g/mol. The summed E-state index contributed by atoms with van der Waals surface area (Å²) in [5.74, 6) is 1.66. The molecule has 0 radical (unpaired) electrons. The number of hydrogen-bond acceptors (Lipinski definition) is 2. The van der Waals surface area contributed by atoms with E-state index < -0.39 is 0 Å². The Morgan fingerprint density at radius 1 is 1.32 bits per heavy atom. The summed E-state index contributed by atoms with van der Waals surface area (Å²) in [4.78, 5) is 0. The molecule has 0 aromatic heterocycles. The quantitative estimate of drug-likeness (QED) is 0.755. The van der Waals surface area contributed by atoms with Crippen LogP contribution in [0.25, 0.3) is 0 Å². The topological polar surface area (TPSA) is 40.5 Å². The van der Waals surface area contributed by atoms with E-state index >= 15 is 0 Å². The van der Waals surface area contributed by atoms with Gasteiger partial charge in [-0.3, -0.25) is 0 Å². The highest BCUT2D eigenvalue weighted by Gasteiger charge is 2.44. The Bertz CT molecular complexity index is 502. The van der Waals surface area contributed by atoms with E-state index in [0.29, 0.717) is 23.7 Å². The van der Waals surface area contributed by atoms with Crippen LogP contribution in [0.5, 0.6) is 0 Å². The highest BCUT2D eigenvalue weighted by Crippen LogP contribution is 2.54. The summed E-state index contributed by atoms with van der Waals surface area (Å²) in [6.07, 6.45) is 7.66. The van der Waals surface area contributed by atoms with Gasteiger partial charge >= 0.3 is 0 Å². The van der Waals surface area contributed by atoms with Gasteiger partial charge in [0.25, 0.3) is 0 Å². The smallest absolute Gasteiger partial charge is 0.0608 e. The van der Waals surface area contributed by atoms with E-state index in [9.17, 15) is 10.2 Å². The van der Waals surface area contributed by atoms with Crippen molar-refractivity contribution in [3.63, 3.8) is 0 Å². The van der Waals surface area contributed by atoms with Crippen LogP contribution in [0.3, 0.4) is 0 Å². The molecular weight excluding hydrogens is 272 g/mol. The third kappa shape index (κ3) is 2.49. The minimum Gasteiger partial charge on any atom is -0.396 e. The fourth-order valence-corrected chi connectivity index (χ4v) is 5.26. The lowest BCUT2D eigenvalue weighted by molar-refractivity contribution is 0.0857. The van der Waals surface area contributed by atoms with Crippen LogP contribution < -0.4 is 0 Å². The number of allylic oxidation sites excluding steroid dienone is 2. The van der Waals surface area contributed by atoms with E-state index in [1.54, 1.807) is 5.57 Å². The monoisotopic (exact) mass is 304 g/mol. The van der Waals surface area contributed by atoms with Crippen LogP contribution in [-0.4, -0.2) is 22.9 Å². The van der Waals surface area contributed by atoms with Crippen LogP contribution in [-0.2, 0) is 0 Å². The standard InChI is InChI=1S/C20H32O2/c1-12(2)15-7-8-20(4)10-17-14(11-21)5-6-16(17)13(3)19(22)9-18(15)20/h10,12-14,16,19,21-22H,5-9,11H2,1-4H3/b17-10-/t13-,14?,16+,19?,20-/m1/s1. The van der Waals surface area contributed by atoms with Gasteiger partial charge in [-0.15, -0.1) is 0 Å². The Balaban J connectivity index is 2.10. The molecule has 22 heavy (non-hydrogen) atoms. The number of rotatable bonds is 2. The fourth-order valence-electron chi connectivity index (χ4n) is 5.26. The molecule has 0 aliphatic heterocycles. The van der Waals surface area contributed by atoms with Crippen molar-refractivity contribution in [2.24, 2.45) is 29.1 Å². The molecule has 0 aromatic rings. The molecule has 2 N–H and O–H groups in total. The van der Waals surface area contributed by atoms with Gasteiger partial charge in [0, 0.05) is 17.9 Å². The normalized spacial score (nSPS) is 44.4. The summed E-state index contributed by atoms with van der Waals surface area (Å²) in [5.41, 5.74) is 4.62. The second-order valence-corrected chi connectivity index (χ2v) is 8.41. The summed E-state index contributed by atoms with van der Waals surface area (Å²) in [5, 5.41) is 20.6. The first-order chi connectivity index (χ1) is 10.4. The first-order valence-corrected chi connectivity index (χ1v) is 9.11. The fraction of sp³-hybridized carbons (Fsp3) is 0.800. The summed E-state index contributed by atoms with van der Waals surface area (Å²) < 4.78 is 0. The summed E-state index contributed by atoms with van der Waals surface area (Å²) in [6.45, 7) is 9.39. The maximum Gasteiger partial charge on any atom is 0.0608 e. The van der Waals surface area contributed by atoms with Gasteiger partial charge in [-0.25, -0.2) is 0 Å². The van der Waals surface area contributed by atoms with E-state index in [-0.39, 0.29) is 18.1 Å². The van der Waals surface area contributed by atoms with Crippen LogP contribution in [0.4, 0.5) is 0 Å². The first kappa shape index (κ1) is 16.3.